The molecule has 1 aromatic rings. The first kappa shape index (κ1) is 14.2. The summed E-state index contributed by atoms with van der Waals surface area (Å²) in [4.78, 5) is 0. The summed E-state index contributed by atoms with van der Waals surface area (Å²) in [5, 5.41) is 0. The minimum atomic E-state index is -0.188. The second-order valence-corrected chi connectivity index (χ2v) is 5.56. The lowest BCUT2D eigenvalue weighted by atomic mass is 9.78. The van der Waals surface area contributed by atoms with Crippen molar-refractivity contribution in [2.45, 2.75) is 40.2 Å². The molecular formula is C15H24FN. The molecule has 0 aromatic heterocycles. The van der Waals surface area contributed by atoms with Crippen molar-refractivity contribution < 1.29 is 4.39 Å². The van der Waals surface area contributed by atoms with Crippen molar-refractivity contribution in [3.8, 4) is 0 Å². The average molecular weight is 237 g/mol. The number of halogens is 1. The number of nitrogens with two attached hydrogens (primary N) is 1. The molecule has 0 aliphatic carbocycles. The lowest BCUT2D eigenvalue weighted by molar-refractivity contribution is 0.237. The van der Waals surface area contributed by atoms with Crippen LogP contribution in [0.1, 0.15) is 33.3 Å². The van der Waals surface area contributed by atoms with Crippen molar-refractivity contribution in [2.24, 2.45) is 23.5 Å². The van der Waals surface area contributed by atoms with E-state index >= 15 is 0 Å². The lowest BCUT2D eigenvalue weighted by Gasteiger charge is -2.31. The Morgan fingerprint density at radius 2 is 1.47 bits per heavy atom. The largest absolute Gasteiger partial charge is 0.327 e. The van der Waals surface area contributed by atoms with Gasteiger partial charge < -0.3 is 5.73 Å². The molecule has 1 atom stereocenters. The second-order valence-electron chi connectivity index (χ2n) is 5.56. The van der Waals surface area contributed by atoms with Gasteiger partial charge in [0.25, 0.3) is 0 Å². The van der Waals surface area contributed by atoms with E-state index in [4.69, 9.17) is 5.73 Å². The minimum Gasteiger partial charge on any atom is -0.327 e. The quantitative estimate of drug-likeness (QED) is 0.831. The third-order valence-corrected chi connectivity index (χ3v) is 3.42. The Labute approximate surface area is 104 Å². The topological polar surface area (TPSA) is 26.0 Å². The van der Waals surface area contributed by atoms with Gasteiger partial charge in [0.15, 0.2) is 0 Å². The van der Waals surface area contributed by atoms with E-state index in [1.165, 1.54) is 12.1 Å². The smallest absolute Gasteiger partial charge is 0.123 e. The molecule has 1 unspecified atom stereocenters. The van der Waals surface area contributed by atoms with E-state index in [1.54, 1.807) is 0 Å². The number of benzene rings is 1. The highest BCUT2D eigenvalue weighted by molar-refractivity contribution is 5.17. The lowest BCUT2D eigenvalue weighted by Crippen LogP contribution is -2.38. The Morgan fingerprint density at radius 3 is 1.88 bits per heavy atom. The van der Waals surface area contributed by atoms with Gasteiger partial charge in [-0.25, -0.2) is 4.39 Å². The molecule has 2 N–H and O–H groups in total. The zero-order valence-corrected chi connectivity index (χ0v) is 11.3. The summed E-state index contributed by atoms with van der Waals surface area (Å²) in [5.74, 6) is 1.46. The summed E-state index contributed by atoms with van der Waals surface area (Å²) < 4.78 is 12.8. The van der Waals surface area contributed by atoms with Crippen LogP contribution in [0.15, 0.2) is 24.3 Å². The van der Waals surface area contributed by atoms with Crippen LogP contribution < -0.4 is 5.73 Å². The van der Waals surface area contributed by atoms with Crippen LogP contribution in [0.5, 0.6) is 0 Å². The molecule has 17 heavy (non-hydrogen) atoms. The molecule has 1 rings (SSSR count). The van der Waals surface area contributed by atoms with E-state index in [-0.39, 0.29) is 11.9 Å². The zero-order valence-electron chi connectivity index (χ0n) is 11.3. The summed E-state index contributed by atoms with van der Waals surface area (Å²) in [6.07, 6.45) is 0.821. The van der Waals surface area contributed by atoms with Crippen LogP contribution in [0.4, 0.5) is 4.39 Å². The first-order chi connectivity index (χ1) is 7.91. The van der Waals surface area contributed by atoms with Crippen molar-refractivity contribution in [1.29, 1.82) is 0 Å². The van der Waals surface area contributed by atoms with Crippen molar-refractivity contribution in [3.63, 3.8) is 0 Å². The highest BCUT2D eigenvalue weighted by atomic mass is 19.1. The third kappa shape index (κ3) is 4.12. The summed E-state index contributed by atoms with van der Waals surface area (Å²) in [6, 6.07) is 6.80. The molecule has 1 aromatic carbocycles. The first-order valence-electron chi connectivity index (χ1n) is 6.41. The maximum Gasteiger partial charge on any atom is 0.123 e. The van der Waals surface area contributed by atoms with Gasteiger partial charge in [-0.3, -0.25) is 0 Å². The highest BCUT2D eigenvalue weighted by Gasteiger charge is 2.24. The van der Waals surface area contributed by atoms with Crippen LogP contribution in [0.2, 0.25) is 0 Å². The summed E-state index contributed by atoms with van der Waals surface area (Å²) >= 11 is 0. The number of rotatable bonds is 5. The molecule has 0 heterocycles. The van der Waals surface area contributed by atoms with Crippen LogP contribution in [-0.4, -0.2) is 6.04 Å². The van der Waals surface area contributed by atoms with Crippen LogP contribution in [0.3, 0.4) is 0 Å². The van der Waals surface area contributed by atoms with E-state index < -0.39 is 0 Å². The Kier molecular flexibility index (Phi) is 5.13. The van der Waals surface area contributed by atoms with E-state index in [0.717, 1.165) is 12.0 Å². The molecule has 1 nitrogen and oxygen atoms in total. The Hall–Kier alpha value is -0.890. The van der Waals surface area contributed by atoms with Crippen molar-refractivity contribution in [2.75, 3.05) is 0 Å². The van der Waals surface area contributed by atoms with Gasteiger partial charge in [0.05, 0.1) is 0 Å². The maximum atomic E-state index is 12.8. The van der Waals surface area contributed by atoms with Crippen molar-refractivity contribution in [3.05, 3.63) is 35.6 Å². The summed E-state index contributed by atoms with van der Waals surface area (Å²) in [7, 11) is 0. The summed E-state index contributed by atoms with van der Waals surface area (Å²) in [6.45, 7) is 8.87. The Bertz CT molecular complexity index is 321. The molecule has 0 aliphatic heterocycles. The fraction of sp³-hybridized carbons (Fsp3) is 0.600. The average Bonchev–Trinajstić information content (AvgIpc) is 2.20. The molecule has 0 bridgehead atoms. The van der Waals surface area contributed by atoms with Crippen molar-refractivity contribution in [1.82, 2.24) is 0 Å². The van der Waals surface area contributed by atoms with Crippen LogP contribution in [-0.2, 0) is 6.42 Å². The second kappa shape index (κ2) is 6.15. The van der Waals surface area contributed by atoms with Gasteiger partial charge in [-0.15, -0.1) is 0 Å². The monoisotopic (exact) mass is 237 g/mol. The molecule has 0 radical (unpaired) electrons. The Morgan fingerprint density at radius 1 is 1.00 bits per heavy atom. The molecule has 0 spiro atoms. The zero-order chi connectivity index (χ0) is 13.0. The number of hydrogen-bond donors (Lipinski definition) is 1. The van der Waals surface area contributed by atoms with Crippen molar-refractivity contribution >= 4 is 0 Å². The molecule has 0 aliphatic rings. The minimum absolute atomic E-state index is 0.139. The fourth-order valence-electron chi connectivity index (χ4n) is 2.79. The molecular weight excluding hydrogens is 213 g/mol. The standard InChI is InChI=1S/C15H24FN/c1-10(2)15(11(3)4)14(17)9-12-5-7-13(16)8-6-12/h5-8,10-11,14-15H,9,17H2,1-4H3. The van der Waals surface area contributed by atoms with Gasteiger partial charge in [-0.1, -0.05) is 39.8 Å². The maximum absolute atomic E-state index is 12.8. The molecule has 0 saturated carbocycles. The molecule has 2 heteroatoms. The predicted molar refractivity (Wildman–Crippen MR) is 71.2 cm³/mol. The van der Waals surface area contributed by atoms with Crippen LogP contribution in [0, 0.1) is 23.6 Å². The summed E-state index contributed by atoms with van der Waals surface area (Å²) in [5.41, 5.74) is 7.41. The predicted octanol–water partition coefficient (Wildman–Crippen LogP) is 3.62. The van der Waals surface area contributed by atoms with E-state index in [1.807, 2.05) is 12.1 Å². The SMILES string of the molecule is CC(C)C(C(C)C)C(N)Cc1ccc(F)cc1. The van der Waals surface area contributed by atoms with E-state index in [0.29, 0.717) is 17.8 Å². The first-order valence-corrected chi connectivity index (χ1v) is 6.41. The molecule has 0 saturated heterocycles. The van der Waals surface area contributed by atoms with Crippen LogP contribution >= 0.6 is 0 Å². The van der Waals surface area contributed by atoms with Gasteiger partial charge in [0.1, 0.15) is 5.82 Å². The van der Waals surface area contributed by atoms with Gasteiger partial charge in [-0.05, 0) is 41.9 Å². The van der Waals surface area contributed by atoms with Gasteiger partial charge in [0.2, 0.25) is 0 Å². The number of hydrogen-bond acceptors (Lipinski definition) is 1. The fourth-order valence-corrected chi connectivity index (χ4v) is 2.79. The van der Waals surface area contributed by atoms with Gasteiger partial charge >= 0.3 is 0 Å². The van der Waals surface area contributed by atoms with E-state index in [2.05, 4.69) is 27.7 Å². The van der Waals surface area contributed by atoms with E-state index in [9.17, 15) is 4.39 Å². The van der Waals surface area contributed by atoms with Crippen LogP contribution in [0.25, 0.3) is 0 Å². The van der Waals surface area contributed by atoms with Gasteiger partial charge in [-0.2, -0.15) is 0 Å². The third-order valence-electron chi connectivity index (χ3n) is 3.42. The Balaban J connectivity index is 2.69. The molecule has 0 fully saturated rings. The molecule has 0 amide bonds. The van der Waals surface area contributed by atoms with Gasteiger partial charge in [0, 0.05) is 6.04 Å². The highest BCUT2D eigenvalue weighted by Crippen LogP contribution is 2.25. The normalized spacial score (nSPS) is 13.7. The molecule has 96 valence electrons.